The molecule has 1 aromatic heterocycles. The van der Waals surface area contributed by atoms with Gasteiger partial charge in [-0.05, 0) is 24.1 Å². The molecule has 4 nitrogen and oxygen atoms in total. The van der Waals surface area contributed by atoms with E-state index in [1.165, 1.54) is 0 Å². The Labute approximate surface area is 107 Å². The van der Waals surface area contributed by atoms with E-state index in [0.717, 1.165) is 29.8 Å². The van der Waals surface area contributed by atoms with Crippen molar-refractivity contribution >= 4 is 0 Å². The lowest BCUT2D eigenvalue weighted by molar-refractivity contribution is 0.220. The SMILES string of the molecule is CCCn1cc(C(O)c2ccc(OC)cc2)cn1. The van der Waals surface area contributed by atoms with Crippen molar-refractivity contribution in [2.75, 3.05) is 7.11 Å². The summed E-state index contributed by atoms with van der Waals surface area (Å²) in [4.78, 5) is 0. The molecule has 0 amide bonds. The van der Waals surface area contributed by atoms with E-state index in [9.17, 15) is 5.11 Å². The van der Waals surface area contributed by atoms with Gasteiger partial charge < -0.3 is 9.84 Å². The molecule has 1 heterocycles. The number of aliphatic hydroxyl groups is 1. The van der Waals surface area contributed by atoms with Crippen LogP contribution < -0.4 is 4.74 Å². The van der Waals surface area contributed by atoms with E-state index in [2.05, 4.69) is 12.0 Å². The van der Waals surface area contributed by atoms with Crippen LogP contribution in [-0.2, 0) is 6.54 Å². The first kappa shape index (κ1) is 12.6. The molecule has 0 saturated carbocycles. The fourth-order valence-corrected chi connectivity index (χ4v) is 1.85. The van der Waals surface area contributed by atoms with Crippen molar-refractivity contribution in [2.24, 2.45) is 0 Å². The Morgan fingerprint density at radius 3 is 2.61 bits per heavy atom. The number of methoxy groups -OCH3 is 1. The zero-order chi connectivity index (χ0) is 13.0. The lowest BCUT2D eigenvalue weighted by Gasteiger charge is -2.09. The van der Waals surface area contributed by atoms with Crippen molar-refractivity contribution in [3.05, 3.63) is 47.8 Å². The van der Waals surface area contributed by atoms with Crippen LogP contribution in [0.5, 0.6) is 5.75 Å². The lowest BCUT2D eigenvalue weighted by atomic mass is 10.0. The highest BCUT2D eigenvalue weighted by Crippen LogP contribution is 2.23. The molecule has 1 atom stereocenters. The van der Waals surface area contributed by atoms with E-state index in [0.29, 0.717) is 0 Å². The van der Waals surface area contributed by atoms with Crippen LogP contribution in [0.25, 0.3) is 0 Å². The van der Waals surface area contributed by atoms with E-state index < -0.39 is 6.10 Å². The van der Waals surface area contributed by atoms with Crippen LogP contribution >= 0.6 is 0 Å². The van der Waals surface area contributed by atoms with Crippen LogP contribution in [0.2, 0.25) is 0 Å². The molecule has 1 N–H and O–H groups in total. The second-order valence-electron chi connectivity index (χ2n) is 4.21. The molecule has 4 heteroatoms. The number of ether oxygens (including phenoxy) is 1. The van der Waals surface area contributed by atoms with Gasteiger partial charge in [0.25, 0.3) is 0 Å². The molecular formula is C14H18N2O2. The predicted molar refractivity (Wildman–Crippen MR) is 69.6 cm³/mol. The first-order chi connectivity index (χ1) is 8.74. The molecule has 0 aliphatic carbocycles. The maximum atomic E-state index is 10.2. The van der Waals surface area contributed by atoms with Crippen molar-refractivity contribution < 1.29 is 9.84 Å². The van der Waals surface area contributed by atoms with Crippen LogP contribution in [0.15, 0.2) is 36.7 Å². The average molecular weight is 246 g/mol. The summed E-state index contributed by atoms with van der Waals surface area (Å²) < 4.78 is 6.94. The summed E-state index contributed by atoms with van der Waals surface area (Å²) in [5, 5.41) is 14.5. The summed E-state index contributed by atoms with van der Waals surface area (Å²) in [6.07, 6.45) is 3.99. The van der Waals surface area contributed by atoms with Gasteiger partial charge in [0.2, 0.25) is 0 Å². The van der Waals surface area contributed by atoms with Crippen molar-refractivity contribution in [2.45, 2.75) is 26.0 Å². The minimum Gasteiger partial charge on any atom is -0.497 e. The molecule has 2 aromatic rings. The van der Waals surface area contributed by atoms with Crippen LogP contribution in [0.3, 0.4) is 0 Å². The zero-order valence-corrected chi connectivity index (χ0v) is 10.7. The summed E-state index contributed by atoms with van der Waals surface area (Å²) >= 11 is 0. The van der Waals surface area contributed by atoms with E-state index in [1.54, 1.807) is 13.3 Å². The normalized spacial score (nSPS) is 12.4. The lowest BCUT2D eigenvalue weighted by Crippen LogP contribution is -1.99. The van der Waals surface area contributed by atoms with Crippen molar-refractivity contribution in [3.8, 4) is 5.75 Å². The summed E-state index contributed by atoms with van der Waals surface area (Å²) in [5.74, 6) is 0.785. The topological polar surface area (TPSA) is 47.3 Å². The Bertz CT molecular complexity index is 491. The summed E-state index contributed by atoms with van der Waals surface area (Å²) in [6.45, 7) is 2.97. The first-order valence-corrected chi connectivity index (χ1v) is 6.09. The Balaban J connectivity index is 2.15. The summed E-state index contributed by atoms with van der Waals surface area (Å²) in [5.41, 5.74) is 1.65. The molecule has 0 radical (unpaired) electrons. The maximum Gasteiger partial charge on any atom is 0.118 e. The molecule has 1 unspecified atom stereocenters. The minimum absolute atomic E-state index is 0.637. The number of benzene rings is 1. The van der Waals surface area contributed by atoms with E-state index >= 15 is 0 Å². The third-order valence-corrected chi connectivity index (χ3v) is 2.85. The van der Waals surface area contributed by atoms with Crippen molar-refractivity contribution in [1.29, 1.82) is 0 Å². The number of aromatic nitrogens is 2. The number of hydrogen-bond donors (Lipinski definition) is 1. The average Bonchev–Trinajstić information content (AvgIpc) is 2.87. The fourth-order valence-electron chi connectivity index (χ4n) is 1.85. The van der Waals surface area contributed by atoms with Gasteiger partial charge in [0, 0.05) is 18.3 Å². The van der Waals surface area contributed by atoms with Crippen LogP contribution in [0, 0.1) is 0 Å². The van der Waals surface area contributed by atoms with Gasteiger partial charge in [-0.15, -0.1) is 0 Å². The predicted octanol–water partition coefficient (Wildman–Crippen LogP) is 2.38. The number of hydrogen-bond acceptors (Lipinski definition) is 3. The Hall–Kier alpha value is -1.81. The second kappa shape index (κ2) is 5.69. The van der Waals surface area contributed by atoms with Gasteiger partial charge in [-0.25, -0.2) is 0 Å². The molecule has 0 aliphatic rings. The van der Waals surface area contributed by atoms with Gasteiger partial charge in [0.15, 0.2) is 0 Å². The quantitative estimate of drug-likeness (QED) is 0.881. The Kier molecular flexibility index (Phi) is 3.99. The van der Waals surface area contributed by atoms with Gasteiger partial charge in [-0.3, -0.25) is 4.68 Å². The highest BCUT2D eigenvalue weighted by Gasteiger charge is 2.12. The highest BCUT2D eigenvalue weighted by molar-refractivity contribution is 5.32. The second-order valence-corrected chi connectivity index (χ2v) is 4.21. The molecular weight excluding hydrogens is 228 g/mol. The van der Waals surface area contributed by atoms with Gasteiger partial charge in [0.05, 0.1) is 13.3 Å². The molecule has 2 rings (SSSR count). The van der Waals surface area contributed by atoms with Gasteiger partial charge in [-0.2, -0.15) is 5.10 Å². The molecule has 0 spiro atoms. The van der Waals surface area contributed by atoms with Crippen molar-refractivity contribution in [1.82, 2.24) is 9.78 Å². The maximum absolute atomic E-state index is 10.2. The zero-order valence-electron chi connectivity index (χ0n) is 10.7. The third-order valence-electron chi connectivity index (χ3n) is 2.85. The van der Waals surface area contributed by atoms with Crippen molar-refractivity contribution in [3.63, 3.8) is 0 Å². The third kappa shape index (κ3) is 2.71. The van der Waals surface area contributed by atoms with Crippen LogP contribution in [0.4, 0.5) is 0 Å². The number of nitrogens with zero attached hydrogens (tertiary/aromatic N) is 2. The smallest absolute Gasteiger partial charge is 0.118 e. The largest absolute Gasteiger partial charge is 0.497 e. The van der Waals surface area contributed by atoms with E-state index in [4.69, 9.17) is 4.74 Å². The number of aliphatic hydroxyl groups excluding tert-OH is 1. The minimum atomic E-state index is -0.637. The molecule has 0 fully saturated rings. The standard InChI is InChI=1S/C14H18N2O2/c1-3-8-16-10-12(9-15-16)14(17)11-4-6-13(18-2)7-5-11/h4-7,9-10,14,17H,3,8H2,1-2H3. The monoisotopic (exact) mass is 246 g/mol. The molecule has 0 saturated heterocycles. The Morgan fingerprint density at radius 2 is 2.00 bits per heavy atom. The van der Waals surface area contributed by atoms with Gasteiger partial charge in [0.1, 0.15) is 11.9 Å². The van der Waals surface area contributed by atoms with Gasteiger partial charge >= 0.3 is 0 Å². The molecule has 96 valence electrons. The number of rotatable bonds is 5. The van der Waals surface area contributed by atoms with E-state index in [-0.39, 0.29) is 0 Å². The summed E-state index contributed by atoms with van der Waals surface area (Å²) in [7, 11) is 1.63. The first-order valence-electron chi connectivity index (χ1n) is 6.09. The highest BCUT2D eigenvalue weighted by atomic mass is 16.5. The Morgan fingerprint density at radius 1 is 1.28 bits per heavy atom. The summed E-state index contributed by atoms with van der Waals surface area (Å²) in [6, 6.07) is 7.41. The van der Waals surface area contributed by atoms with E-state index in [1.807, 2.05) is 35.1 Å². The number of aryl methyl sites for hydroxylation is 1. The molecule has 1 aromatic carbocycles. The fraction of sp³-hybridized carbons (Fsp3) is 0.357. The molecule has 0 bridgehead atoms. The molecule has 0 aliphatic heterocycles. The van der Waals surface area contributed by atoms with Crippen LogP contribution in [0.1, 0.15) is 30.6 Å². The van der Waals surface area contributed by atoms with Gasteiger partial charge in [-0.1, -0.05) is 19.1 Å². The van der Waals surface area contributed by atoms with Crippen LogP contribution in [-0.4, -0.2) is 22.0 Å². The molecule has 18 heavy (non-hydrogen) atoms.